The van der Waals surface area contributed by atoms with Crippen molar-refractivity contribution in [3.05, 3.63) is 97.7 Å². The molecule has 1 nitrogen and oxygen atoms in total. The van der Waals surface area contributed by atoms with E-state index in [1.165, 1.54) is 10.4 Å². The van der Waals surface area contributed by atoms with Gasteiger partial charge in [0.2, 0.25) is 0 Å². The quantitative estimate of drug-likeness (QED) is 0.488. The Hall–Kier alpha value is -2.16. The van der Waals surface area contributed by atoms with Gasteiger partial charge in [-0.1, -0.05) is 84.6 Å². The third-order valence-electron chi connectivity index (χ3n) is 3.95. The SMILES string of the molecule is C=CC/C=C\[Si](OC(C)CC=C)(c1ccccc1)c1ccccc1. The van der Waals surface area contributed by atoms with E-state index in [0.29, 0.717) is 0 Å². The molecule has 0 bridgehead atoms. The van der Waals surface area contributed by atoms with Gasteiger partial charge in [-0.15, -0.1) is 13.2 Å². The van der Waals surface area contributed by atoms with E-state index in [0.717, 1.165) is 12.8 Å². The van der Waals surface area contributed by atoms with Gasteiger partial charge < -0.3 is 4.43 Å². The van der Waals surface area contributed by atoms with Crippen LogP contribution in [0.3, 0.4) is 0 Å². The number of allylic oxidation sites excluding steroid dienone is 2. The fourth-order valence-corrected chi connectivity index (χ4v) is 6.48. The van der Waals surface area contributed by atoms with Crippen LogP contribution >= 0.6 is 0 Å². The van der Waals surface area contributed by atoms with Gasteiger partial charge in [0, 0.05) is 6.10 Å². The smallest absolute Gasteiger partial charge is 0.280 e. The van der Waals surface area contributed by atoms with Gasteiger partial charge in [0.1, 0.15) is 0 Å². The van der Waals surface area contributed by atoms with E-state index >= 15 is 0 Å². The summed E-state index contributed by atoms with van der Waals surface area (Å²) in [5.41, 5.74) is 2.29. The molecular weight excluding hydrogens is 308 g/mol. The second-order valence-corrected chi connectivity index (χ2v) is 9.04. The van der Waals surface area contributed by atoms with Gasteiger partial charge in [0.15, 0.2) is 0 Å². The van der Waals surface area contributed by atoms with E-state index in [9.17, 15) is 0 Å². The molecular formula is C22H26OSi. The maximum absolute atomic E-state index is 6.74. The Labute approximate surface area is 147 Å². The standard InChI is InChI=1S/C22H26OSi/c1-4-6-13-19-24(23-20(3)14-5-2,21-15-9-7-10-16-21)22-17-11-8-12-18-22/h4-5,7-13,15-20H,1-2,6,14H2,3H3/b19-13-. The summed E-state index contributed by atoms with van der Waals surface area (Å²) in [6, 6.07) is 21.2. The van der Waals surface area contributed by atoms with Crippen molar-refractivity contribution in [3.8, 4) is 0 Å². The Balaban J connectivity index is 2.58. The summed E-state index contributed by atoms with van der Waals surface area (Å²) in [7, 11) is -2.46. The van der Waals surface area contributed by atoms with Gasteiger partial charge in [-0.25, -0.2) is 0 Å². The summed E-state index contributed by atoms with van der Waals surface area (Å²) in [5, 5.41) is 2.51. The molecule has 0 aliphatic carbocycles. The van der Waals surface area contributed by atoms with Crippen LogP contribution in [0.5, 0.6) is 0 Å². The fraction of sp³-hybridized carbons (Fsp3) is 0.182. The molecule has 0 spiro atoms. The van der Waals surface area contributed by atoms with E-state index in [-0.39, 0.29) is 6.10 Å². The topological polar surface area (TPSA) is 9.23 Å². The first-order valence-corrected chi connectivity index (χ1v) is 10.4. The van der Waals surface area contributed by atoms with Crippen LogP contribution in [-0.2, 0) is 4.43 Å². The Bertz CT molecular complexity index is 621. The van der Waals surface area contributed by atoms with Crippen LogP contribution in [0.4, 0.5) is 0 Å². The van der Waals surface area contributed by atoms with Gasteiger partial charge in [-0.3, -0.25) is 0 Å². The molecule has 0 heterocycles. The van der Waals surface area contributed by atoms with Crippen molar-refractivity contribution in [1.82, 2.24) is 0 Å². The zero-order valence-corrected chi connectivity index (χ0v) is 15.4. The summed E-state index contributed by atoms with van der Waals surface area (Å²) in [4.78, 5) is 0. The number of hydrogen-bond donors (Lipinski definition) is 0. The maximum Gasteiger partial charge on any atom is 0.280 e. The highest BCUT2D eigenvalue weighted by molar-refractivity contribution is 7.01. The lowest BCUT2D eigenvalue weighted by atomic mass is 10.3. The predicted octanol–water partition coefficient (Wildman–Crippen LogP) is 4.40. The van der Waals surface area contributed by atoms with Crippen molar-refractivity contribution in [2.75, 3.05) is 0 Å². The summed E-state index contributed by atoms with van der Waals surface area (Å²) >= 11 is 0. The van der Waals surface area contributed by atoms with Gasteiger partial charge in [0.05, 0.1) is 0 Å². The van der Waals surface area contributed by atoms with E-state index in [4.69, 9.17) is 4.43 Å². The Kier molecular flexibility index (Phi) is 6.98. The Morgan fingerprint density at radius 3 is 1.92 bits per heavy atom. The predicted molar refractivity (Wildman–Crippen MR) is 107 cm³/mol. The summed E-state index contributed by atoms with van der Waals surface area (Å²) in [6.07, 6.45) is 7.81. The van der Waals surface area contributed by atoms with Gasteiger partial charge in [0.25, 0.3) is 8.32 Å². The molecule has 2 rings (SSSR count). The van der Waals surface area contributed by atoms with Crippen molar-refractivity contribution < 1.29 is 4.43 Å². The molecule has 24 heavy (non-hydrogen) atoms. The van der Waals surface area contributed by atoms with Gasteiger partial charge in [-0.05, 0) is 30.1 Å². The van der Waals surface area contributed by atoms with Crippen molar-refractivity contribution in [2.24, 2.45) is 0 Å². The molecule has 1 atom stereocenters. The van der Waals surface area contributed by atoms with Gasteiger partial charge in [-0.2, -0.15) is 0 Å². The number of hydrogen-bond acceptors (Lipinski definition) is 1. The van der Waals surface area contributed by atoms with Crippen molar-refractivity contribution in [1.29, 1.82) is 0 Å². The van der Waals surface area contributed by atoms with Crippen molar-refractivity contribution in [3.63, 3.8) is 0 Å². The summed E-state index contributed by atoms with van der Waals surface area (Å²) in [5.74, 6) is 0. The van der Waals surface area contributed by atoms with Crippen LogP contribution in [0.15, 0.2) is 97.7 Å². The largest absolute Gasteiger partial charge is 0.402 e. The lowest BCUT2D eigenvalue weighted by Gasteiger charge is -2.32. The lowest BCUT2D eigenvalue weighted by molar-refractivity contribution is 0.226. The third kappa shape index (κ3) is 4.44. The zero-order valence-electron chi connectivity index (χ0n) is 14.4. The van der Waals surface area contributed by atoms with Crippen LogP contribution in [-0.4, -0.2) is 14.4 Å². The Morgan fingerprint density at radius 2 is 1.46 bits per heavy atom. The van der Waals surface area contributed by atoms with E-state index in [1.807, 2.05) is 24.3 Å². The average molecular weight is 335 g/mol. The zero-order chi connectivity index (χ0) is 17.3. The molecule has 0 fully saturated rings. The van der Waals surface area contributed by atoms with Crippen LogP contribution in [0, 0.1) is 0 Å². The second-order valence-electron chi connectivity index (χ2n) is 5.85. The molecule has 0 aliphatic rings. The molecule has 0 radical (unpaired) electrons. The minimum atomic E-state index is -2.46. The van der Waals surface area contributed by atoms with Crippen LogP contribution in [0.25, 0.3) is 0 Å². The Morgan fingerprint density at radius 1 is 0.917 bits per heavy atom. The highest BCUT2D eigenvalue weighted by atomic mass is 28.4. The minimum absolute atomic E-state index is 0.114. The highest BCUT2D eigenvalue weighted by Crippen LogP contribution is 2.15. The second kappa shape index (κ2) is 9.21. The molecule has 0 saturated carbocycles. The maximum atomic E-state index is 6.74. The first-order valence-electron chi connectivity index (χ1n) is 8.41. The molecule has 124 valence electrons. The van der Waals surface area contributed by atoms with Crippen LogP contribution in [0.1, 0.15) is 19.8 Å². The normalized spacial score (nSPS) is 12.9. The molecule has 0 aliphatic heterocycles. The monoisotopic (exact) mass is 334 g/mol. The summed E-state index contributed by atoms with van der Waals surface area (Å²) in [6.45, 7) is 9.80. The van der Waals surface area contributed by atoms with E-state index in [1.54, 1.807) is 0 Å². The highest BCUT2D eigenvalue weighted by Gasteiger charge is 2.38. The van der Waals surface area contributed by atoms with Gasteiger partial charge >= 0.3 is 0 Å². The molecule has 1 unspecified atom stereocenters. The van der Waals surface area contributed by atoms with Crippen LogP contribution in [0.2, 0.25) is 0 Å². The van der Waals surface area contributed by atoms with E-state index in [2.05, 4.69) is 80.4 Å². The average Bonchev–Trinajstić information content (AvgIpc) is 2.63. The molecule has 2 aromatic carbocycles. The first-order chi connectivity index (χ1) is 11.7. The molecule has 2 heteroatoms. The van der Waals surface area contributed by atoms with Crippen molar-refractivity contribution in [2.45, 2.75) is 25.9 Å². The number of rotatable bonds is 9. The summed E-state index contributed by atoms with van der Waals surface area (Å²) < 4.78 is 6.74. The van der Waals surface area contributed by atoms with Crippen LogP contribution < -0.4 is 10.4 Å². The molecule has 0 N–H and O–H groups in total. The first kappa shape index (κ1) is 18.2. The molecule has 0 aromatic heterocycles. The molecule has 0 amide bonds. The fourth-order valence-electron chi connectivity index (χ4n) is 2.84. The lowest BCUT2D eigenvalue weighted by Crippen LogP contribution is -2.61. The third-order valence-corrected chi connectivity index (χ3v) is 7.81. The molecule has 0 saturated heterocycles. The van der Waals surface area contributed by atoms with Crippen molar-refractivity contribution >= 4 is 18.7 Å². The number of benzene rings is 2. The molecule has 2 aromatic rings. The minimum Gasteiger partial charge on any atom is -0.402 e. The van der Waals surface area contributed by atoms with E-state index < -0.39 is 8.32 Å².